The first-order valence-electron chi connectivity index (χ1n) is 11.0. The standard InChI is InChI=1S/C25H26ClN5O3/c26-20-5-6-21(31-14-20)15-34-22-7-8-29-24(32)23(22)19-4-3-17-11-16(1-2-18(17)12-19)13-28-9-10-30-25(27)33/h1-2,5-8,11-12,14,28H,3-4,9-10,13,15H2,(H,29,32)(H3,27,30,33). The number of halogens is 1. The molecule has 0 saturated carbocycles. The van der Waals surface area contributed by atoms with Crippen LogP contribution >= 0.6 is 11.6 Å². The zero-order chi connectivity index (χ0) is 23.9. The minimum atomic E-state index is -0.523. The maximum atomic E-state index is 12.7. The van der Waals surface area contributed by atoms with Gasteiger partial charge in [0.15, 0.2) is 0 Å². The number of nitrogens with zero attached hydrogens (tertiary/aromatic N) is 1. The first kappa shape index (κ1) is 23.5. The van der Waals surface area contributed by atoms with E-state index in [2.05, 4.69) is 44.9 Å². The maximum absolute atomic E-state index is 12.7. The Bertz CT molecular complexity index is 1250. The van der Waals surface area contributed by atoms with Gasteiger partial charge >= 0.3 is 6.03 Å². The molecule has 0 radical (unpaired) electrons. The molecular weight excluding hydrogens is 454 g/mol. The number of hydrogen-bond donors (Lipinski definition) is 4. The number of fused-ring (bicyclic) bond motifs is 1. The number of aromatic nitrogens is 2. The normalized spacial score (nSPS) is 12.6. The van der Waals surface area contributed by atoms with Gasteiger partial charge < -0.3 is 26.1 Å². The van der Waals surface area contributed by atoms with E-state index in [0.29, 0.717) is 36.0 Å². The van der Waals surface area contributed by atoms with Gasteiger partial charge in [-0.15, -0.1) is 0 Å². The third kappa shape index (κ3) is 6.03. The predicted molar refractivity (Wildman–Crippen MR) is 133 cm³/mol. The molecule has 176 valence electrons. The van der Waals surface area contributed by atoms with Crippen molar-refractivity contribution in [2.24, 2.45) is 5.73 Å². The number of aryl methyl sites for hydroxylation is 1. The van der Waals surface area contributed by atoms with Crippen LogP contribution in [0, 0.1) is 0 Å². The van der Waals surface area contributed by atoms with Gasteiger partial charge in [-0.25, -0.2) is 4.79 Å². The summed E-state index contributed by atoms with van der Waals surface area (Å²) in [5, 5.41) is 6.40. The fraction of sp³-hybridized carbons (Fsp3) is 0.240. The highest BCUT2D eigenvalue weighted by molar-refractivity contribution is 6.30. The lowest BCUT2D eigenvalue weighted by Gasteiger charge is -2.19. The Hall–Kier alpha value is -3.62. The lowest BCUT2D eigenvalue weighted by Crippen LogP contribution is -2.35. The summed E-state index contributed by atoms with van der Waals surface area (Å²) in [4.78, 5) is 30.5. The Morgan fingerprint density at radius 3 is 2.85 bits per heavy atom. The van der Waals surface area contributed by atoms with E-state index in [9.17, 15) is 9.59 Å². The molecule has 0 spiro atoms. The number of ether oxygens (including phenoxy) is 1. The summed E-state index contributed by atoms with van der Waals surface area (Å²) in [5.41, 5.74) is 10.6. The Kier molecular flexibility index (Phi) is 7.61. The lowest BCUT2D eigenvalue weighted by atomic mass is 9.88. The first-order valence-corrected chi connectivity index (χ1v) is 11.4. The third-order valence-corrected chi connectivity index (χ3v) is 5.76. The average Bonchev–Trinajstić information content (AvgIpc) is 2.83. The van der Waals surface area contributed by atoms with Gasteiger partial charge in [-0.05, 0) is 53.3 Å². The van der Waals surface area contributed by atoms with Crippen molar-refractivity contribution in [2.45, 2.75) is 26.0 Å². The van der Waals surface area contributed by atoms with Gasteiger partial charge in [0.1, 0.15) is 12.4 Å². The van der Waals surface area contributed by atoms with Crippen molar-refractivity contribution < 1.29 is 9.53 Å². The van der Waals surface area contributed by atoms with Crippen LogP contribution in [0.3, 0.4) is 0 Å². The van der Waals surface area contributed by atoms with E-state index >= 15 is 0 Å². The number of carbonyl (C=O) groups excluding carboxylic acids is 1. The van der Waals surface area contributed by atoms with Crippen LogP contribution in [0.15, 0.2) is 53.6 Å². The number of hydrogen-bond acceptors (Lipinski definition) is 5. The molecule has 0 unspecified atom stereocenters. The van der Waals surface area contributed by atoms with Crippen LogP contribution in [0.2, 0.25) is 5.02 Å². The van der Waals surface area contributed by atoms with Crippen molar-refractivity contribution in [3.63, 3.8) is 0 Å². The summed E-state index contributed by atoms with van der Waals surface area (Å²) in [7, 11) is 0. The Morgan fingerprint density at radius 1 is 1.18 bits per heavy atom. The topological polar surface area (TPSA) is 122 Å². The molecule has 5 N–H and O–H groups in total. The maximum Gasteiger partial charge on any atom is 0.312 e. The highest BCUT2D eigenvalue weighted by Crippen LogP contribution is 2.33. The van der Waals surface area contributed by atoms with E-state index in [-0.39, 0.29) is 12.2 Å². The van der Waals surface area contributed by atoms with Crippen molar-refractivity contribution in [3.05, 3.63) is 92.1 Å². The van der Waals surface area contributed by atoms with Gasteiger partial charge in [0.2, 0.25) is 0 Å². The lowest BCUT2D eigenvalue weighted by molar-refractivity contribution is 0.249. The number of benzene rings is 1. The van der Waals surface area contributed by atoms with Crippen LogP contribution < -0.4 is 26.7 Å². The fourth-order valence-electron chi connectivity index (χ4n) is 3.89. The van der Waals surface area contributed by atoms with Gasteiger partial charge in [-0.3, -0.25) is 9.78 Å². The largest absolute Gasteiger partial charge is 0.486 e. The van der Waals surface area contributed by atoms with Gasteiger partial charge in [0, 0.05) is 32.0 Å². The summed E-state index contributed by atoms with van der Waals surface area (Å²) in [6, 6.07) is 11.1. The molecular formula is C25H26ClN5O3. The van der Waals surface area contributed by atoms with Crippen LogP contribution in [-0.4, -0.2) is 29.1 Å². The van der Waals surface area contributed by atoms with Gasteiger partial charge in [-0.2, -0.15) is 0 Å². The summed E-state index contributed by atoms with van der Waals surface area (Å²) in [6.45, 7) is 2.05. The number of allylic oxidation sites excluding steroid dienone is 1. The zero-order valence-corrected chi connectivity index (χ0v) is 19.3. The highest BCUT2D eigenvalue weighted by atomic mass is 35.5. The number of urea groups is 1. The van der Waals surface area contributed by atoms with E-state index in [1.807, 2.05) is 0 Å². The Morgan fingerprint density at radius 2 is 2.06 bits per heavy atom. The van der Waals surface area contributed by atoms with Crippen LogP contribution in [0.25, 0.3) is 11.6 Å². The molecule has 34 heavy (non-hydrogen) atoms. The Balaban J connectivity index is 1.47. The molecule has 1 aliphatic rings. The molecule has 1 aromatic carbocycles. The van der Waals surface area contributed by atoms with Crippen LogP contribution in [-0.2, 0) is 19.6 Å². The average molecular weight is 480 g/mol. The fourth-order valence-corrected chi connectivity index (χ4v) is 4.00. The minimum absolute atomic E-state index is 0.179. The molecule has 0 aliphatic heterocycles. The molecule has 0 bridgehead atoms. The van der Waals surface area contributed by atoms with E-state index in [0.717, 1.165) is 35.2 Å². The molecule has 4 rings (SSSR count). The molecule has 0 atom stereocenters. The number of pyridine rings is 2. The molecule has 2 amide bonds. The Labute approximate surface area is 202 Å². The van der Waals surface area contributed by atoms with E-state index in [1.165, 1.54) is 5.56 Å². The van der Waals surface area contributed by atoms with Crippen LogP contribution in [0.1, 0.15) is 34.4 Å². The molecule has 2 heterocycles. The summed E-state index contributed by atoms with van der Waals surface area (Å²) < 4.78 is 5.97. The number of primary amides is 1. The second kappa shape index (κ2) is 11.0. The second-order valence-corrected chi connectivity index (χ2v) is 8.41. The molecule has 8 nitrogen and oxygen atoms in total. The van der Waals surface area contributed by atoms with E-state index in [4.69, 9.17) is 22.1 Å². The summed E-state index contributed by atoms with van der Waals surface area (Å²) in [5.74, 6) is 0.528. The van der Waals surface area contributed by atoms with Crippen LogP contribution in [0.4, 0.5) is 4.79 Å². The van der Waals surface area contributed by atoms with Crippen molar-refractivity contribution in [3.8, 4) is 5.75 Å². The van der Waals surface area contributed by atoms with Gasteiger partial charge in [0.25, 0.3) is 5.56 Å². The smallest absolute Gasteiger partial charge is 0.312 e. The molecule has 3 aromatic rings. The number of nitrogens with two attached hydrogens (primary N) is 1. The first-order chi connectivity index (χ1) is 16.5. The monoisotopic (exact) mass is 479 g/mol. The molecule has 0 saturated heterocycles. The third-order valence-electron chi connectivity index (χ3n) is 5.54. The van der Waals surface area contributed by atoms with E-state index in [1.54, 1.807) is 30.6 Å². The SMILES string of the molecule is NC(=O)NCCNCc1ccc2c(c1)CCC(c1c(OCc3ccc(Cl)cn3)cc[nH]c1=O)=C2. The molecule has 1 aliphatic carbocycles. The van der Waals surface area contributed by atoms with Crippen LogP contribution in [0.5, 0.6) is 5.75 Å². The second-order valence-electron chi connectivity index (χ2n) is 7.97. The molecule has 9 heteroatoms. The highest BCUT2D eigenvalue weighted by Gasteiger charge is 2.19. The van der Waals surface area contributed by atoms with Crippen molar-refractivity contribution in [1.29, 1.82) is 0 Å². The number of aromatic amines is 1. The predicted octanol–water partition coefficient (Wildman–Crippen LogP) is 3.25. The molecule has 2 aromatic heterocycles. The van der Waals surface area contributed by atoms with Gasteiger partial charge in [0.05, 0.1) is 16.3 Å². The van der Waals surface area contributed by atoms with Gasteiger partial charge in [-0.1, -0.05) is 35.9 Å². The molecule has 0 fully saturated rings. The quantitative estimate of drug-likeness (QED) is 0.351. The summed E-state index contributed by atoms with van der Waals surface area (Å²) in [6.07, 6.45) is 6.78. The zero-order valence-electron chi connectivity index (χ0n) is 18.6. The number of carbonyl (C=O) groups is 1. The number of H-pyrrole nitrogens is 1. The number of nitrogens with one attached hydrogen (secondary N) is 3. The minimum Gasteiger partial charge on any atom is -0.486 e. The number of amides is 2. The summed E-state index contributed by atoms with van der Waals surface area (Å²) >= 11 is 5.90. The van der Waals surface area contributed by atoms with Crippen molar-refractivity contribution >= 4 is 29.3 Å². The number of rotatable bonds is 9. The van der Waals surface area contributed by atoms with E-state index < -0.39 is 6.03 Å². The van der Waals surface area contributed by atoms with Crippen molar-refractivity contribution in [1.82, 2.24) is 20.6 Å². The van der Waals surface area contributed by atoms with Crippen molar-refractivity contribution in [2.75, 3.05) is 13.1 Å².